The molecule has 0 spiro atoms. The zero-order valence-electron chi connectivity index (χ0n) is 85.8. The van der Waals surface area contributed by atoms with Crippen LogP contribution < -0.4 is 37.5 Å². The molecule has 0 aromatic carbocycles. The van der Waals surface area contributed by atoms with Crippen molar-refractivity contribution in [1.82, 2.24) is 78.6 Å². The third-order valence-corrected chi connectivity index (χ3v) is 29.0. The molecule has 7 atom stereocenters. The van der Waals surface area contributed by atoms with Crippen molar-refractivity contribution in [3.63, 3.8) is 0 Å². The monoisotopic (exact) mass is 2480 g/mol. The number of Topliss-reactive ketones (excluding diaryl/α,β-unsaturated/α-hetero) is 3. The lowest BCUT2D eigenvalue weighted by Gasteiger charge is -2.46. The first-order valence-electron chi connectivity index (χ1n) is 48.5. The van der Waals surface area contributed by atoms with Gasteiger partial charge in [0.1, 0.15) is 39.6 Å². The number of nitrogens with zero attached hydrogens (tertiary/aromatic N) is 19. The number of hydrogen-bond acceptors (Lipinski definition) is 33. The molecule has 6 aliphatic heterocycles. The SMILES string of the molecule is CC(=O)c1c(C)c2cnc(S(C)(=O)=O)nc2n(C2CCCC2)c1=O.CC(=O)c1c(C)c2cnc(S(C)=O)nc2n(C2CCCC2)c1=O.CC(C)(C)OC(=O)N1CC2CC(C1)CN(c1ccc(N)nc1)C2.CC(C)(C)OC(=O)N1CC2CC(C1)CN(c1ccc([N+](=O)[O-])nc1)C2.CC(C)(C)OC(=O)N1CC2CNCC(C2)C1.CSc1ncc2c(C)c(C(C)=O)c(=O)n(C3CCCC3)c2n1.I.II.O=[N+]([O-])c1ccc(Br)cn1. The first kappa shape index (κ1) is 118. The Bertz CT molecular complexity index is 6540. The molecule has 3 aliphatic carbocycles. The molecule has 794 valence electrons. The molecule has 146 heavy (non-hydrogen) atoms. The number of amides is 3. The number of likely N-dealkylation sites (tertiary alicyclic amines) is 3. The van der Waals surface area contributed by atoms with Gasteiger partial charge in [0.05, 0.1) is 49.5 Å². The predicted octanol–water partition coefficient (Wildman–Crippen LogP) is 17.8. The van der Waals surface area contributed by atoms with E-state index in [2.05, 4.69) is 113 Å². The number of halogens is 4. The molecule has 0 radical (unpaired) electrons. The van der Waals surface area contributed by atoms with Crippen LogP contribution in [0.5, 0.6) is 0 Å². The number of nitrogen functional groups attached to an aromatic ring is 1. The Labute approximate surface area is 904 Å². The van der Waals surface area contributed by atoms with Crippen LogP contribution in [0.1, 0.15) is 245 Å². The van der Waals surface area contributed by atoms with Gasteiger partial charge in [-0.05, 0) is 293 Å². The molecule has 6 saturated heterocycles. The number of sulfone groups is 1. The average molecular weight is 2480 g/mol. The van der Waals surface area contributed by atoms with Crippen LogP contribution in [0.3, 0.4) is 0 Å². The van der Waals surface area contributed by atoms with Gasteiger partial charge in [0.15, 0.2) is 34.9 Å². The summed E-state index contributed by atoms with van der Waals surface area (Å²) in [7, 11) is -4.92. The van der Waals surface area contributed by atoms with Crippen LogP contribution in [0.4, 0.5) is 43.2 Å². The molecule has 47 heteroatoms. The number of rotatable bonds is 13. The van der Waals surface area contributed by atoms with E-state index in [1.54, 1.807) is 53.7 Å². The highest BCUT2D eigenvalue weighted by atomic mass is 128. The summed E-state index contributed by atoms with van der Waals surface area (Å²) in [5.41, 5.74) is 9.32. The topological polar surface area (TPSA) is 504 Å². The van der Waals surface area contributed by atoms with Gasteiger partial charge in [0.2, 0.25) is 20.2 Å². The van der Waals surface area contributed by atoms with Crippen LogP contribution in [0.15, 0.2) is 108 Å². The second kappa shape index (κ2) is 51.8. The number of aromatic nitrogens is 12. The van der Waals surface area contributed by atoms with Crippen LogP contribution >= 0.6 is 88.9 Å². The van der Waals surface area contributed by atoms with Crippen molar-refractivity contribution in [2.75, 3.05) is 113 Å². The van der Waals surface area contributed by atoms with E-state index in [0.717, 1.165) is 176 Å². The molecule has 3 amide bonds. The van der Waals surface area contributed by atoms with Crippen LogP contribution in [0.25, 0.3) is 33.1 Å². The van der Waals surface area contributed by atoms with Crippen LogP contribution in [-0.4, -0.2) is 245 Å². The number of ether oxygens (including phenoxy) is 3. The van der Waals surface area contributed by atoms with Crippen molar-refractivity contribution >= 4 is 207 Å². The fourth-order valence-electron chi connectivity index (χ4n) is 20.4. The fourth-order valence-corrected chi connectivity index (χ4v) is 21.8. The van der Waals surface area contributed by atoms with Crippen molar-refractivity contribution in [2.45, 2.75) is 251 Å². The molecule has 6 bridgehead atoms. The van der Waals surface area contributed by atoms with E-state index in [4.69, 9.17) is 19.9 Å². The van der Waals surface area contributed by atoms with Crippen LogP contribution in [0.2, 0.25) is 0 Å². The van der Waals surface area contributed by atoms with Gasteiger partial charge in [0, 0.05) is 180 Å². The molecular formula is C99H133BrI3N21O19S3. The molecule has 9 fully saturated rings. The van der Waals surface area contributed by atoms with E-state index in [1.165, 1.54) is 80.7 Å². The summed E-state index contributed by atoms with van der Waals surface area (Å²) in [5, 5.41) is 26.7. The Balaban J connectivity index is 0.000000176. The lowest BCUT2D eigenvalue weighted by molar-refractivity contribution is -0.389. The smallest absolute Gasteiger partial charge is 0.410 e. The molecule has 40 nitrogen and oxygen atoms in total. The molecule has 7 unspecified atom stereocenters. The normalized spacial score (nSPS) is 19.4. The molecule has 3 saturated carbocycles. The van der Waals surface area contributed by atoms with Gasteiger partial charge >= 0.3 is 29.9 Å². The molecule has 9 aromatic rings. The van der Waals surface area contributed by atoms with E-state index in [1.807, 2.05) is 109 Å². The molecular weight excluding hydrogens is 2340 g/mol. The summed E-state index contributed by atoms with van der Waals surface area (Å²) in [4.78, 5) is 178. The number of fused-ring (bicyclic) bond motifs is 9. The van der Waals surface area contributed by atoms with Crippen molar-refractivity contribution < 1.29 is 65.5 Å². The number of carbonyl (C=O) groups is 6. The van der Waals surface area contributed by atoms with Gasteiger partial charge in [-0.2, -0.15) is 4.98 Å². The Morgan fingerprint density at radius 2 is 0.815 bits per heavy atom. The lowest BCUT2D eigenvalue weighted by Crippen LogP contribution is -2.55. The molecule has 9 aliphatic rings. The minimum Gasteiger partial charge on any atom is -0.444 e. The highest BCUT2D eigenvalue weighted by Crippen LogP contribution is 2.39. The summed E-state index contributed by atoms with van der Waals surface area (Å²) < 4.78 is 57.3. The number of nitrogens with one attached hydrogen (secondary N) is 1. The molecule has 15 heterocycles. The largest absolute Gasteiger partial charge is 0.444 e. The maximum Gasteiger partial charge on any atom is 0.410 e. The van der Waals surface area contributed by atoms with Gasteiger partial charge < -0.3 is 70.0 Å². The zero-order chi connectivity index (χ0) is 106. The summed E-state index contributed by atoms with van der Waals surface area (Å²) in [5.74, 6) is 2.45. The first-order chi connectivity index (χ1) is 68.3. The first-order valence-corrected chi connectivity index (χ1v) is 60.3. The predicted molar refractivity (Wildman–Crippen MR) is 592 cm³/mol. The number of carbonyl (C=O) groups excluding carboxylic acids is 6. The Kier molecular flexibility index (Phi) is 41.9. The zero-order valence-corrected chi connectivity index (χ0v) is 96.5. The minimum absolute atomic E-state index is 0. The maximum atomic E-state index is 12.9. The summed E-state index contributed by atoms with van der Waals surface area (Å²) in [6, 6.07) is 10.1. The Morgan fingerprint density at radius 3 is 1.13 bits per heavy atom. The van der Waals surface area contributed by atoms with Crippen LogP contribution in [0, 0.1) is 76.5 Å². The lowest BCUT2D eigenvalue weighted by atomic mass is 9.84. The highest BCUT2D eigenvalue weighted by Gasteiger charge is 2.42. The number of piperidine rings is 6. The van der Waals surface area contributed by atoms with Gasteiger partial charge in [0.25, 0.3) is 16.7 Å². The summed E-state index contributed by atoms with van der Waals surface area (Å²) in [6.07, 6.45) is 28.6. The van der Waals surface area contributed by atoms with Gasteiger partial charge in [-0.15, -0.1) is 24.0 Å². The van der Waals surface area contributed by atoms with Crippen molar-refractivity contribution in [3.05, 3.63) is 163 Å². The number of thioether (sulfide) groups is 1. The molecule has 18 rings (SSSR count). The fraction of sp³-hybridized carbons (Fsp3) is 0.576. The van der Waals surface area contributed by atoms with Crippen molar-refractivity contribution in [1.29, 1.82) is 0 Å². The number of hydrogen-bond donors (Lipinski definition) is 2. The van der Waals surface area contributed by atoms with E-state index >= 15 is 0 Å². The number of nitro groups is 2. The Hall–Kier alpha value is -9.58. The number of anilines is 3. The summed E-state index contributed by atoms with van der Waals surface area (Å²) in [6.45, 7) is 36.7. The summed E-state index contributed by atoms with van der Waals surface area (Å²) >= 11 is 8.80. The van der Waals surface area contributed by atoms with E-state index < -0.39 is 47.2 Å². The molecule has 9 aromatic heterocycles. The number of pyridine rings is 6. The van der Waals surface area contributed by atoms with Gasteiger partial charge in [-0.25, -0.2) is 52.7 Å². The van der Waals surface area contributed by atoms with E-state index in [9.17, 15) is 76.0 Å². The highest BCUT2D eigenvalue weighted by molar-refractivity contribution is 15.0. The number of aryl methyl sites for hydroxylation is 3. The number of ketones is 3. The van der Waals surface area contributed by atoms with Crippen molar-refractivity contribution in [3.8, 4) is 0 Å². The van der Waals surface area contributed by atoms with Gasteiger partial charge in [-0.3, -0.25) is 46.7 Å². The second-order valence-electron chi connectivity index (χ2n) is 41.3. The average Bonchev–Trinajstić information content (AvgIpc) is 1.17. The van der Waals surface area contributed by atoms with E-state index in [0.29, 0.717) is 104 Å². The third kappa shape index (κ3) is 31.1. The maximum absolute atomic E-state index is 12.9. The molecule has 3 N–H and O–H groups in total. The second-order valence-corrected chi connectivity index (χ2v) is 46.2. The number of nitrogens with two attached hydrogens (primary N) is 1. The standard InChI is InChI=1S/C17H24N4O4.C17H26N4O2.C16H19N3O4S.C16H19N3O3S.C16H19N3O2S.C12H22N2O2.C5H3BrN2O2.I2.HI/c1-17(2,3)25-16(22)20-10-12-6-13(11-20)9-19(8-12)14-4-5-15(18-7-14)21(23)24;1-17(2,3)23-16(22)21-10-12-6-13(11-21)9-20(8-12)14-4-5-15(18)19-7-14;1-9-12-8-17-16(24(3,22)23)18-14(12)19(11-6-4-5-7-11)15(21)13(9)10(2)20;1-9-12-8-17-16(23(3)22)18-14(12)19(11-6-4-5-7-11)15(21)13(9)10(2)20;1-9-12-8-17-16(22-3)18-14(12)19(11-6-4-5-7-11)15(21)13(9)10(2)20;1-12(2,3)16-11(15)14-7-9-4-10(8-14)6-13-5-9;6-4-1-2-5(7-3-4)8(9)10;1-2;/h4-5,7,12-13H,6,8-11H2,1-3H3;4-5,7,12-13H,6,8-11H2,1-3H3,(H2,18,19);8,11H,4-7H2,1-3H3;8,11H,4-7H2,1-3H3;8,11H,4-7H2,1-3H3;9-10,13H,4-8H2,1-3H3;1-3H;;1H. The van der Waals surface area contributed by atoms with E-state index in [-0.39, 0.29) is 133 Å². The van der Waals surface area contributed by atoms with Gasteiger partial charge in [-0.1, -0.05) is 50.3 Å². The third-order valence-electron chi connectivity index (χ3n) is 26.4. The van der Waals surface area contributed by atoms with Crippen molar-refractivity contribution in [2.24, 2.45) is 35.5 Å². The Morgan fingerprint density at radius 1 is 0.486 bits per heavy atom. The minimum atomic E-state index is -3.59. The quantitative estimate of drug-likeness (QED) is 0.0206. The van der Waals surface area contributed by atoms with Crippen LogP contribution in [-0.2, 0) is 34.8 Å².